The first-order valence-electron chi connectivity index (χ1n) is 14.3. The summed E-state index contributed by atoms with van der Waals surface area (Å²) in [6, 6.07) is 14.6. The van der Waals surface area contributed by atoms with Gasteiger partial charge < -0.3 is 30.2 Å². The second-order valence-corrected chi connectivity index (χ2v) is 12.1. The molecule has 2 aromatic rings. The van der Waals surface area contributed by atoms with Crippen molar-refractivity contribution >= 4 is 0 Å². The van der Waals surface area contributed by atoms with E-state index in [4.69, 9.17) is 0 Å². The van der Waals surface area contributed by atoms with Crippen LogP contribution in [0.15, 0.2) is 48.5 Å². The lowest BCUT2D eigenvalue weighted by molar-refractivity contribution is -0.0280. The maximum Gasteiger partial charge on any atom is 0.115 e. The summed E-state index contributed by atoms with van der Waals surface area (Å²) in [5.41, 5.74) is 1.05. The highest BCUT2D eigenvalue weighted by molar-refractivity contribution is 5.31. The first-order chi connectivity index (χ1) is 18.0. The van der Waals surface area contributed by atoms with Crippen LogP contribution in [0.25, 0.3) is 0 Å². The Kier molecular flexibility index (Phi) is 14.7. The van der Waals surface area contributed by atoms with E-state index >= 15 is 0 Å². The zero-order chi connectivity index (χ0) is 27.8. The third-order valence-electron chi connectivity index (χ3n) is 8.42. The average molecular weight is 559 g/mol. The molecule has 0 heterocycles. The lowest BCUT2D eigenvalue weighted by Gasteiger charge is -2.40. The van der Waals surface area contributed by atoms with Gasteiger partial charge in [0.15, 0.2) is 0 Å². The molecule has 6 nitrogen and oxygen atoms in total. The average Bonchev–Trinajstić information content (AvgIpc) is 2.88. The van der Waals surface area contributed by atoms with Crippen LogP contribution in [0.1, 0.15) is 102 Å². The zero-order valence-electron chi connectivity index (χ0n) is 23.9. The molecule has 4 rings (SSSR count). The molecule has 0 bridgehead atoms. The molecule has 228 valence electrons. The van der Waals surface area contributed by atoms with Crippen LogP contribution in [0.3, 0.4) is 0 Å². The lowest BCUT2D eigenvalue weighted by Crippen LogP contribution is -2.42. The number of rotatable bonds is 8. The summed E-state index contributed by atoms with van der Waals surface area (Å²) in [4.78, 5) is 4.26. The number of phenolic OH excluding ortho intramolecular Hbond substituents is 2. The number of benzene rings is 2. The van der Waals surface area contributed by atoms with Gasteiger partial charge in [-0.15, -0.1) is 0 Å². The number of aliphatic hydroxyl groups is 2. The third-order valence-corrected chi connectivity index (χ3v) is 8.42. The van der Waals surface area contributed by atoms with Crippen molar-refractivity contribution < 1.29 is 20.4 Å². The maximum absolute atomic E-state index is 11.0. The van der Waals surface area contributed by atoms with Crippen LogP contribution in [0, 0.1) is 0 Å². The second-order valence-electron chi connectivity index (χ2n) is 12.1. The quantitative estimate of drug-likeness (QED) is 0.287. The van der Waals surface area contributed by atoms with Gasteiger partial charge in [-0.1, -0.05) is 77.6 Å². The third kappa shape index (κ3) is 10.1. The van der Waals surface area contributed by atoms with Crippen molar-refractivity contribution in [1.82, 2.24) is 9.80 Å². The topological polar surface area (TPSA) is 87.4 Å². The first kappa shape index (κ1) is 35.9. The van der Waals surface area contributed by atoms with E-state index in [2.05, 4.69) is 9.80 Å². The Morgan fingerprint density at radius 1 is 0.550 bits per heavy atom. The summed E-state index contributed by atoms with van der Waals surface area (Å²) < 4.78 is 0. The van der Waals surface area contributed by atoms with Gasteiger partial charge in [0.2, 0.25) is 0 Å². The van der Waals surface area contributed by atoms with Gasteiger partial charge in [0.1, 0.15) is 11.5 Å². The van der Waals surface area contributed by atoms with Crippen LogP contribution < -0.4 is 0 Å². The molecule has 2 saturated carbocycles. The van der Waals surface area contributed by atoms with E-state index in [9.17, 15) is 20.4 Å². The molecule has 2 atom stereocenters. The molecule has 0 spiro atoms. The summed E-state index contributed by atoms with van der Waals surface area (Å²) >= 11 is 0. The van der Waals surface area contributed by atoms with Gasteiger partial charge in [-0.2, -0.15) is 0 Å². The van der Waals surface area contributed by atoms with Crippen molar-refractivity contribution in [3.8, 4) is 11.5 Å². The van der Waals surface area contributed by atoms with Crippen molar-refractivity contribution in [2.24, 2.45) is 0 Å². The number of aromatic hydroxyl groups is 2. The van der Waals surface area contributed by atoms with E-state index in [-0.39, 0.29) is 38.2 Å². The minimum Gasteiger partial charge on any atom is -0.508 e. The van der Waals surface area contributed by atoms with Crippen LogP contribution >= 0.6 is 0 Å². The van der Waals surface area contributed by atoms with E-state index in [0.717, 1.165) is 75.6 Å². The molecule has 0 saturated heterocycles. The number of likely N-dealkylation sites (N-methyl/N-ethyl adjacent to an activating group) is 2. The molecular formula is C34H58N2O4. The lowest BCUT2D eigenvalue weighted by atomic mass is 9.72. The van der Waals surface area contributed by atoms with E-state index in [0.29, 0.717) is 0 Å². The summed E-state index contributed by atoms with van der Waals surface area (Å²) in [6.45, 7) is 1.67. The summed E-state index contributed by atoms with van der Waals surface area (Å²) in [6.07, 6.45) is 10.4. The van der Waals surface area contributed by atoms with Gasteiger partial charge in [0, 0.05) is 24.9 Å². The van der Waals surface area contributed by atoms with Crippen molar-refractivity contribution in [2.45, 2.75) is 102 Å². The Hall–Kier alpha value is -2.12. The minimum atomic E-state index is -0.598. The largest absolute Gasteiger partial charge is 0.508 e. The minimum absolute atomic E-state index is 0. The van der Waals surface area contributed by atoms with Crippen molar-refractivity contribution in [3.63, 3.8) is 0 Å². The van der Waals surface area contributed by atoms with Crippen LogP contribution in [0.4, 0.5) is 0 Å². The molecule has 0 amide bonds. The fourth-order valence-electron chi connectivity index (χ4n) is 6.34. The zero-order valence-corrected chi connectivity index (χ0v) is 23.9. The highest BCUT2D eigenvalue weighted by Crippen LogP contribution is 2.41. The van der Waals surface area contributed by atoms with Gasteiger partial charge in [0.25, 0.3) is 0 Å². The predicted octanol–water partition coefficient (Wildman–Crippen LogP) is 6.74. The molecule has 2 aliphatic carbocycles. The summed E-state index contributed by atoms with van der Waals surface area (Å²) in [7, 11) is 8.17. The highest BCUT2D eigenvalue weighted by Gasteiger charge is 2.39. The number of phenols is 2. The van der Waals surface area contributed by atoms with Crippen molar-refractivity contribution in [3.05, 3.63) is 59.7 Å². The smallest absolute Gasteiger partial charge is 0.115 e. The molecule has 6 heteroatoms. The molecular weight excluding hydrogens is 500 g/mol. The normalized spacial score (nSPS) is 19.4. The van der Waals surface area contributed by atoms with E-state index in [1.807, 2.05) is 52.5 Å². The Morgan fingerprint density at radius 2 is 0.825 bits per heavy atom. The van der Waals surface area contributed by atoms with Gasteiger partial charge in [0.05, 0.1) is 11.2 Å². The summed E-state index contributed by atoms with van der Waals surface area (Å²) in [5, 5.41) is 40.9. The Balaban J connectivity index is 0.000000381. The SMILES string of the molecule is C.C.CN(C)C[C@@H](c1ccc(O)cc1)C1(O)CCCCC1.CN(C)C[C@H](c1ccc(O)cc1)C1(O)CCCCC1. The van der Waals surface area contributed by atoms with E-state index in [1.54, 1.807) is 24.3 Å². The molecule has 2 aromatic carbocycles. The molecule has 2 aliphatic rings. The van der Waals surface area contributed by atoms with Crippen LogP contribution in [0.2, 0.25) is 0 Å². The Morgan fingerprint density at radius 3 is 1.07 bits per heavy atom. The van der Waals surface area contributed by atoms with E-state index < -0.39 is 11.2 Å². The van der Waals surface area contributed by atoms with Gasteiger partial charge in [-0.05, 0) is 89.3 Å². The number of hydrogen-bond donors (Lipinski definition) is 4. The molecule has 0 aromatic heterocycles. The molecule has 4 N–H and O–H groups in total. The number of nitrogens with zero attached hydrogens (tertiary/aromatic N) is 2. The van der Waals surface area contributed by atoms with E-state index in [1.165, 1.54) is 12.8 Å². The fourth-order valence-corrected chi connectivity index (χ4v) is 6.34. The monoisotopic (exact) mass is 558 g/mol. The van der Waals surface area contributed by atoms with Crippen molar-refractivity contribution in [2.75, 3.05) is 41.3 Å². The van der Waals surface area contributed by atoms with Crippen LogP contribution in [-0.2, 0) is 0 Å². The van der Waals surface area contributed by atoms with Crippen LogP contribution in [-0.4, -0.2) is 82.7 Å². The molecule has 0 unspecified atom stereocenters. The van der Waals surface area contributed by atoms with Gasteiger partial charge in [-0.25, -0.2) is 0 Å². The Labute approximate surface area is 244 Å². The second kappa shape index (κ2) is 16.4. The Bertz CT molecular complexity index is 867. The maximum atomic E-state index is 11.0. The van der Waals surface area contributed by atoms with Gasteiger partial charge in [-0.3, -0.25) is 0 Å². The first-order valence-corrected chi connectivity index (χ1v) is 14.3. The fraction of sp³-hybridized carbons (Fsp3) is 0.647. The van der Waals surface area contributed by atoms with Crippen LogP contribution in [0.5, 0.6) is 11.5 Å². The van der Waals surface area contributed by atoms with Crippen molar-refractivity contribution in [1.29, 1.82) is 0 Å². The molecule has 0 aliphatic heterocycles. The predicted molar refractivity (Wildman–Crippen MR) is 168 cm³/mol. The molecule has 0 radical (unpaired) electrons. The highest BCUT2D eigenvalue weighted by atomic mass is 16.3. The summed E-state index contributed by atoms with van der Waals surface area (Å²) in [5.74, 6) is 0.790. The standard InChI is InChI=1S/2C16H25NO2.2CH4/c2*1-17(2)12-15(13-6-8-14(18)9-7-13)16(19)10-4-3-5-11-16;;/h2*6-9,15,18-19H,3-5,10-12H2,1-2H3;2*1H4/t2*15-;;/m10../s1. The molecule has 40 heavy (non-hydrogen) atoms. The van der Waals surface area contributed by atoms with Gasteiger partial charge >= 0.3 is 0 Å². The molecule has 2 fully saturated rings. The number of hydrogen-bond acceptors (Lipinski definition) is 6.